The van der Waals surface area contributed by atoms with E-state index in [0.717, 1.165) is 17.1 Å². The van der Waals surface area contributed by atoms with Crippen LogP contribution >= 0.6 is 0 Å². The fourth-order valence-electron chi connectivity index (χ4n) is 2.09. The summed E-state index contributed by atoms with van der Waals surface area (Å²) >= 11 is 0. The predicted molar refractivity (Wildman–Crippen MR) is 73.5 cm³/mol. The highest BCUT2D eigenvalue weighted by Gasteiger charge is 2.22. The van der Waals surface area contributed by atoms with Gasteiger partial charge in [-0.3, -0.25) is 4.98 Å². The lowest BCUT2D eigenvalue weighted by atomic mass is 10.1. The number of ether oxygens (including phenoxy) is 1. The molecule has 6 nitrogen and oxygen atoms in total. The first-order chi connectivity index (χ1) is 9.52. The van der Waals surface area contributed by atoms with Crippen LogP contribution in [0.3, 0.4) is 0 Å². The molecule has 0 N–H and O–H groups in total. The van der Waals surface area contributed by atoms with E-state index in [4.69, 9.17) is 4.74 Å². The Bertz CT molecular complexity index is 619. The summed E-state index contributed by atoms with van der Waals surface area (Å²) in [5.41, 5.74) is 2.87. The summed E-state index contributed by atoms with van der Waals surface area (Å²) in [5, 5.41) is 7.99. The number of nitrogens with zero attached hydrogens (tertiary/aromatic N) is 4. The first-order valence-electron chi connectivity index (χ1n) is 6.47. The number of carbonyl (C=O) groups excluding carboxylic acids is 1. The fraction of sp³-hybridized carbons (Fsp3) is 0.429. The minimum atomic E-state index is -0.461. The molecule has 20 heavy (non-hydrogen) atoms. The Morgan fingerprint density at radius 1 is 1.40 bits per heavy atom. The second-order valence-corrected chi connectivity index (χ2v) is 4.90. The van der Waals surface area contributed by atoms with E-state index in [1.54, 1.807) is 4.68 Å². The van der Waals surface area contributed by atoms with Gasteiger partial charge in [-0.05, 0) is 25.0 Å². The summed E-state index contributed by atoms with van der Waals surface area (Å²) < 4.78 is 6.45. The van der Waals surface area contributed by atoms with Crippen molar-refractivity contribution in [2.24, 2.45) is 0 Å². The molecule has 0 saturated carbocycles. The van der Waals surface area contributed by atoms with Crippen molar-refractivity contribution in [1.29, 1.82) is 0 Å². The molecule has 6 heteroatoms. The summed E-state index contributed by atoms with van der Waals surface area (Å²) in [6.07, 6.45) is 0. The largest absolute Gasteiger partial charge is 0.464 e. The molecule has 0 aliphatic carbocycles. The smallest absolute Gasteiger partial charge is 0.360 e. The molecule has 0 fully saturated rings. The maximum absolute atomic E-state index is 11.7. The lowest BCUT2D eigenvalue weighted by Crippen LogP contribution is -2.12. The van der Waals surface area contributed by atoms with Gasteiger partial charge in [0.05, 0.1) is 25.0 Å². The van der Waals surface area contributed by atoms with Crippen molar-refractivity contribution in [3.05, 3.63) is 41.0 Å². The number of pyridine rings is 1. The van der Waals surface area contributed by atoms with Crippen LogP contribution in [0.5, 0.6) is 0 Å². The van der Waals surface area contributed by atoms with Crippen molar-refractivity contribution in [1.82, 2.24) is 20.0 Å². The van der Waals surface area contributed by atoms with Gasteiger partial charge in [-0.25, -0.2) is 9.48 Å². The van der Waals surface area contributed by atoms with E-state index in [1.165, 1.54) is 7.11 Å². The molecule has 0 spiro atoms. The third kappa shape index (κ3) is 2.84. The van der Waals surface area contributed by atoms with Gasteiger partial charge in [0, 0.05) is 5.69 Å². The van der Waals surface area contributed by atoms with Gasteiger partial charge in [0.15, 0.2) is 5.69 Å². The molecule has 0 bridgehead atoms. The van der Waals surface area contributed by atoms with Crippen molar-refractivity contribution in [3.8, 4) is 0 Å². The highest BCUT2D eigenvalue weighted by molar-refractivity contribution is 5.88. The minimum Gasteiger partial charge on any atom is -0.464 e. The molecule has 2 aromatic heterocycles. The molecule has 0 saturated heterocycles. The monoisotopic (exact) mass is 274 g/mol. The van der Waals surface area contributed by atoms with E-state index >= 15 is 0 Å². The van der Waals surface area contributed by atoms with Gasteiger partial charge in [-0.15, -0.1) is 5.10 Å². The molecule has 0 radical (unpaired) electrons. The molecule has 0 aliphatic heterocycles. The van der Waals surface area contributed by atoms with Crippen molar-refractivity contribution < 1.29 is 9.53 Å². The Labute approximate surface area is 117 Å². The molecule has 2 rings (SSSR count). The van der Waals surface area contributed by atoms with Crippen LogP contribution in [0.1, 0.15) is 47.3 Å². The zero-order chi connectivity index (χ0) is 14.7. The molecular weight excluding hydrogens is 256 g/mol. The summed E-state index contributed by atoms with van der Waals surface area (Å²) in [5.74, 6) is -0.346. The molecule has 2 heterocycles. The van der Waals surface area contributed by atoms with Crippen LogP contribution in [0.15, 0.2) is 18.2 Å². The maximum atomic E-state index is 11.7. The van der Waals surface area contributed by atoms with Crippen molar-refractivity contribution in [3.63, 3.8) is 0 Å². The number of aryl methyl sites for hydroxylation is 1. The summed E-state index contributed by atoms with van der Waals surface area (Å²) in [7, 11) is 1.34. The first kappa shape index (κ1) is 14.2. The third-order valence-corrected chi connectivity index (χ3v) is 2.96. The van der Waals surface area contributed by atoms with Gasteiger partial charge in [0.1, 0.15) is 0 Å². The number of rotatable bonds is 4. The van der Waals surface area contributed by atoms with Crippen LogP contribution in [0.2, 0.25) is 0 Å². The number of carbonyl (C=O) groups is 1. The number of esters is 1. The van der Waals surface area contributed by atoms with Gasteiger partial charge >= 0.3 is 5.97 Å². The van der Waals surface area contributed by atoms with E-state index in [0.29, 0.717) is 6.54 Å². The Kier molecular flexibility index (Phi) is 4.12. The van der Waals surface area contributed by atoms with Crippen LogP contribution in [-0.2, 0) is 11.3 Å². The molecular formula is C14H18N4O2. The molecule has 0 aliphatic rings. The van der Waals surface area contributed by atoms with Crippen molar-refractivity contribution in [2.75, 3.05) is 7.11 Å². The summed E-state index contributed by atoms with van der Waals surface area (Å²) in [4.78, 5) is 16.1. The van der Waals surface area contributed by atoms with Crippen LogP contribution in [0.25, 0.3) is 0 Å². The standard InChI is InChI=1S/C14H18N4O2/c1-9(2)13-12(14(19)20-4)16-17-18(13)8-11-7-5-6-10(3)15-11/h5-7,9H,8H2,1-4H3. The molecule has 2 aromatic rings. The Morgan fingerprint density at radius 2 is 2.15 bits per heavy atom. The molecule has 106 valence electrons. The lowest BCUT2D eigenvalue weighted by Gasteiger charge is -2.10. The van der Waals surface area contributed by atoms with Crippen molar-refractivity contribution >= 4 is 5.97 Å². The van der Waals surface area contributed by atoms with E-state index in [1.807, 2.05) is 39.0 Å². The molecule has 0 amide bonds. The average Bonchev–Trinajstić information content (AvgIpc) is 2.81. The van der Waals surface area contributed by atoms with Crippen LogP contribution in [0.4, 0.5) is 0 Å². The van der Waals surface area contributed by atoms with Crippen LogP contribution < -0.4 is 0 Å². The number of aromatic nitrogens is 4. The predicted octanol–water partition coefficient (Wildman–Crippen LogP) is 1.94. The second kappa shape index (κ2) is 5.81. The van der Waals surface area contributed by atoms with E-state index in [9.17, 15) is 4.79 Å². The van der Waals surface area contributed by atoms with E-state index in [-0.39, 0.29) is 11.6 Å². The van der Waals surface area contributed by atoms with Gasteiger partial charge in [0.25, 0.3) is 0 Å². The highest BCUT2D eigenvalue weighted by atomic mass is 16.5. The zero-order valence-corrected chi connectivity index (χ0v) is 12.1. The van der Waals surface area contributed by atoms with Crippen LogP contribution in [-0.4, -0.2) is 33.1 Å². The normalized spacial score (nSPS) is 10.8. The Morgan fingerprint density at radius 3 is 2.75 bits per heavy atom. The fourth-order valence-corrected chi connectivity index (χ4v) is 2.09. The van der Waals surface area contributed by atoms with Crippen LogP contribution in [0, 0.1) is 6.92 Å². The van der Waals surface area contributed by atoms with Gasteiger partial charge in [-0.1, -0.05) is 25.1 Å². The zero-order valence-electron chi connectivity index (χ0n) is 12.1. The summed E-state index contributed by atoms with van der Waals surface area (Å²) in [6.45, 7) is 6.41. The number of hydrogen-bond acceptors (Lipinski definition) is 5. The number of methoxy groups -OCH3 is 1. The maximum Gasteiger partial charge on any atom is 0.360 e. The molecule has 0 unspecified atom stereocenters. The van der Waals surface area contributed by atoms with Gasteiger partial charge in [-0.2, -0.15) is 0 Å². The molecule has 0 atom stereocenters. The second-order valence-electron chi connectivity index (χ2n) is 4.90. The minimum absolute atomic E-state index is 0.115. The third-order valence-electron chi connectivity index (χ3n) is 2.96. The van der Waals surface area contributed by atoms with E-state index in [2.05, 4.69) is 15.3 Å². The SMILES string of the molecule is COC(=O)c1nnn(Cc2cccc(C)n2)c1C(C)C. The topological polar surface area (TPSA) is 69.9 Å². The van der Waals surface area contributed by atoms with Crippen molar-refractivity contribution in [2.45, 2.75) is 33.2 Å². The average molecular weight is 274 g/mol. The first-order valence-corrected chi connectivity index (χ1v) is 6.47. The number of hydrogen-bond donors (Lipinski definition) is 0. The molecule has 0 aromatic carbocycles. The summed E-state index contributed by atoms with van der Waals surface area (Å²) in [6, 6.07) is 5.82. The Balaban J connectivity index is 2.37. The highest BCUT2D eigenvalue weighted by Crippen LogP contribution is 2.19. The quantitative estimate of drug-likeness (QED) is 0.797. The van der Waals surface area contributed by atoms with Gasteiger partial charge in [0.2, 0.25) is 0 Å². The van der Waals surface area contributed by atoms with E-state index < -0.39 is 5.97 Å². The Hall–Kier alpha value is -2.24. The van der Waals surface area contributed by atoms with Gasteiger partial charge < -0.3 is 4.74 Å². The lowest BCUT2D eigenvalue weighted by molar-refractivity contribution is 0.0592.